The normalized spacial score (nSPS) is 15.6. The predicted molar refractivity (Wildman–Crippen MR) is 127 cm³/mol. The predicted octanol–water partition coefficient (Wildman–Crippen LogP) is 4.89. The Kier molecular flexibility index (Phi) is 7.12. The molecule has 5 nitrogen and oxygen atoms in total. The van der Waals surface area contributed by atoms with E-state index in [2.05, 4.69) is 10.0 Å². The molecule has 1 aliphatic carbocycles. The summed E-state index contributed by atoms with van der Waals surface area (Å²) in [6.45, 7) is 0. The smallest absolute Gasteiger partial charge is 0.240 e. The lowest BCUT2D eigenvalue weighted by molar-refractivity contribution is -0.116. The molecule has 0 aliphatic heterocycles. The average molecular weight is 487 g/mol. The van der Waals surface area contributed by atoms with E-state index in [1.54, 1.807) is 12.1 Å². The van der Waals surface area contributed by atoms with E-state index in [0.717, 1.165) is 17.5 Å². The maximum Gasteiger partial charge on any atom is 0.240 e. The molecule has 0 saturated carbocycles. The minimum Gasteiger partial charge on any atom is -0.326 e. The van der Waals surface area contributed by atoms with Crippen LogP contribution < -0.4 is 10.0 Å². The number of carbonyl (C=O) groups is 1. The number of anilines is 1. The van der Waals surface area contributed by atoms with Gasteiger partial charge in [-0.25, -0.2) is 17.5 Å². The summed E-state index contributed by atoms with van der Waals surface area (Å²) >= 11 is 5.86. The van der Waals surface area contributed by atoms with Gasteiger partial charge in [0.1, 0.15) is 5.82 Å². The van der Waals surface area contributed by atoms with Gasteiger partial charge in [0.15, 0.2) is 0 Å². The quantitative estimate of drug-likeness (QED) is 0.499. The number of rotatable bonds is 7. The molecule has 33 heavy (non-hydrogen) atoms. The summed E-state index contributed by atoms with van der Waals surface area (Å²) in [5.74, 6) is -0.485. The molecule has 8 heteroatoms. The number of amides is 1. The van der Waals surface area contributed by atoms with Crippen molar-refractivity contribution in [1.82, 2.24) is 4.72 Å². The van der Waals surface area contributed by atoms with Crippen LogP contribution in [0.25, 0.3) is 0 Å². The fourth-order valence-electron chi connectivity index (χ4n) is 4.13. The highest BCUT2D eigenvalue weighted by atomic mass is 35.5. The van der Waals surface area contributed by atoms with E-state index in [4.69, 9.17) is 11.6 Å². The molecule has 1 unspecified atom stereocenters. The summed E-state index contributed by atoms with van der Waals surface area (Å²) in [5.41, 5.74) is 3.95. The lowest BCUT2D eigenvalue weighted by Crippen LogP contribution is -2.39. The molecule has 0 heterocycles. The van der Waals surface area contributed by atoms with E-state index in [-0.39, 0.29) is 22.7 Å². The Hall–Kier alpha value is -2.74. The van der Waals surface area contributed by atoms with Crippen molar-refractivity contribution in [2.45, 2.75) is 43.0 Å². The van der Waals surface area contributed by atoms with Crippen molar-refractivity contribution in [1.29, 1.82) is 0 Å². The molecule has 0 spiro atoms. The maximum absolute atomic E-state index is 13.0. The second-order valence-electron chi connectivity index (χ2n) is 8.12. The van der Waals surface area contributed by atoms with Crippen LogP contribution in [-0.4, -0.2) is 20.4 Å². The Morgan fingerprint density at radius 3 is 2.48 bits per heavy atom. The molecular weight excluding hydrogens is 463 g/mol. The van der Waals surface area contributed by atoms with Gasteiger partial charge in [0.05, 0.1) is 4.90 Å². The molecule has 1 aliphatic rings. The molecule has 1 atom stereocenters. The van der Waals surface area contributed by atoms with Crippen LogP contribution in [0.15, 0.2) is 71.6 Å². The Morgan fingerprint density at radius 1 is 1.03 bits per heavy atom. The molecular formula is C25H24ClFN2O3S. The van der Waals surface area contributed by atoms with Crippen LogP contribution in [0.1, 0.15) is 29.5 Å². The molecule has 172 valence electrons. The van der Waals surface area contributed by atoms with Gasteiger partial charge in [-0.15, -0.1) is 0 Å². The van der Waals surface area contributed by atoms with Crippen LogP contribution in [0.5, 0.6) is 0 Å². The van der Waals surface area contributed by atoms with Gasteiger partial charge in [0, 0.05) is 23.2 Å². The van der Waals surface area contributed by atoms with Crippen LogP contribution >= 0.6 is 11.6 Å². The first-order chi connectivity index (χ1) is 15.8. The topological polar surface area (TPSA) is 75.3 Å². The van der Waals surface area contributed by atoms with E-state index in [9.17, 15) is 17.6 Å². The third-order valence-electron chi connectivity index (χ3n) is 5.77. The number of nitrogens with one attached hydrogen (secondary N) is 2. The molecule has 2 N–H and O–H groups in total. The van der Waals surface area contributed by atoms with Gasteiger partial charge >= 0.3 is 0 Å². The highest BCUT2D eigenvalue weighted by molar-refractivity contribution is 7.89. The number of aryl methyl sites for hydroxylation is 1. The van der Waals surface area contributed by atoms with Crippen LogP contribution in [0.2, 0.25) is 5.02 Å². The summed E-state index contributed by atoms with van der Waals surface area (Å²) < 4.78 is 41.3. The lowest BCUT2D eigenvalue weighted by Gasteiger charge is -2.27. The van der Waals surface area contributed by atoms with Gasteiger partial charge in [-0.2, -0.15) is 0 Å². The number of halogens is 2. The summed E-state index contributed by atoms with van der Waals surface area (Å²) in [4.78, 5) is 12.5. The maximum atomic E-state index is 13.0. The van der Waals surface area contributed by atoms with Crippen molar-refractivity contribution in [3.05, 3.63) is 94.3 Å². The van der Waals surface area contributed by atoms with Crippen LogP contribution in [-0.2, 0) is 34.1 Å². The van der Waals surface area contributed by atoms with Gasteiger partial charge in [-0.3, -0.25) is 4.79 Å². The zero-order valence-electron chi connectivity index (χ0n) is 17.9. The SMILES string of the molecule is O=C(CCc1cccc2c1CCC(NS(=O)(=O)c1ccc(Cl)cc1)C2)Nc1ccc(F)cc1. The standard InChI is InChI=1S/C25H24ClFN2O3S/c26-19-5-12-23(13-6-19)33(31,32)29-22-11-14-24-17(2-1-3-18(24)16-22)4-15-25(30)28-21-9-7-20(27)8-10-21/h1-3,5-10,12-13,22,29H,4,11,14-16H2,(H,28,30). The zero-order chi connectivity index (χ0) is 23.4. The summed E-state index contributed by atoms with van der Waals surface area (Å²) in [5, 5.41) is 3.27. The second kappa shape index (κ2) is 10.0. The number of fused-ring (bicyclic) bond motifs is 1. The molecule has 0 saturated heterocycles. The minimum atomic E-state index is -3.63. The van der Waals surface area contributed by atoms with Crippen molar-refractivity contribution in [3.8, 4) is 0 Å². The first-order valence-corrected chi connectivity index (χ1v) is 12.6. The number of carbonyl (C=O) groups excluding carboxylic acids is 1. The van der Waals surface area contributed by atoms with Crippen molar-refractivity contribution in [2.75, 3.05) is 5.32 Å². The largest absolute Gasteiger partial charge is 0.326 e. The van der Waals surface area contributed by atoms with Gasteiger partial charge < -0.3 is 5.32 Å². The third-order valence-corrected chi connectivity index (χ3v) is 7.56. The number of sulfonamides is 1. The van der Waals surface area contributed by atoms with E-state index in [0.29, 0.717) is 36.4 Å². The van der Waals surface area contributed by atoms with Gasteiger partial charge in [0.2, 0.25) is 15.9 Å². The van der Waals surface area contributed by atoms with E-state index in [1.165, 1.54) is 42.0 Å². The number of hydrogen-bond donors (Lipinski definition) is 2. The van der Waals surface area contributed by atoms with E-state index >= 15 is 0 Å². The third kappa shape index (κ3) is 5.99. The van der Waals surface area contributed by atoms with E-state index < -0.39 is 10.0 Å². The monoisotopic (exact) mass is 486 g/mol. The zero-order valence-corrected chi connectivity index (χ0v) is 19.4. The second-order valence-corrected chi connectivity index (χ2v) is 10.3. The molecule has 0 radical (unpaired) electrons. The van der Waals surface area contributed by atoms with Crippen LogP contribution in [0, 0.1) is 5.82 Å². The van der Waals surface area contributed by atoms with Crippen LogP contribution in [0.3, 0.4) is 0 Å². The van der Waals surface area contributed by atoms with Crippen LogP contribution in [0.4, 0.5) is 10.1 Å². The molecule has 0 bridgehead atoms. The van der Waals surface area contributed by atoms with Gasteiger partial charge in [0.25, 0.3) is 0 Å². The fourth-order valence-corrected chi connectivity index (χ4v) is 5.52. The average Bonchev–Trinajstić information content (AvgIpc) is 2.79. The molecule has 3 aromatic rings. The van der Waals surface area contributed by atoms with Crippen molar-refractivity contribution < 1.29 is 17.6 Å². The lowest BCUT2D eigenvalue weighted by atomic mass is 9.84. The Labute approximate surface area is 198 Å². The summed E-state index contributed by atoms with van der Waals surface area (Å²) in [7, 11) is -3.63. The Morgan fingerprint density at radius 2 is 1.76 bits per heavy atom. The van der Waals surface area contributed by atoms with Gasteiger partial charge in [-0.1, -0.05) is 29.8 Å². The first-order valence-electron chi connectivity index (χ1n) is 10.7. The Balaban J connectivity index is 1.38. The molecule has 3 aromatic carbocycles. The van der Waals surface area contributed by atoms with E-state index in [1.807, 2.05) is 18.2 Å². The van der Waals surface area contributed by atoms with Crippen molar-refractivity contribution in [2.24, 2.45) is 0 Å². The first kappa shape index (κ1) is 23.4. The number of benzene rings is 3. The van der Waals surface area contributed by atoms with Crippen molar-refractivity contribution in [3.63, 3.8) is 0 Å². The van der Waals surface area contributed by atoms with Gasteiger partial charge in [-0.05, 0) is 90.9 Å². The van der Waals surface area contributed by atoms with Crippen molar-refractivity contribution >= 4 is 33.2 Å². The molecule has 4 rings (SSSR count). The molecule has 0 fully saturated rings. The summed E-state index contributed by atoms with van der Waals surface area (Å²) in [6.07, 6.45) is 2.90. The molecule has 0 aromatic heterocycles. The molecule has 1 amide bonds. The number of hydrogen-bond acceptors (Lipinski definition) is 3. The Bertz CT molecular complexity index is 1250. The highest BCUT2D eigenvalue weighted by Gasteiger charge is 2.25. The fraction of sp³-hybridized carbons (Fsp3) is 0.240. The highest BCUT2D eigenvalue weighted by Crippen LogP contribution is 2.27. The minimum absolute atomic E-state index is 0.136. The summed E-state index contributed by atoms with van der Waals surface area (Å²) in [6, 6.07) is 17.6.